The molecule has 0 radical (unpaired) electrons. The molecule has 7 heteroatoms. The van der Waals surface area contributed by atoms with Crippen LogP contribution in [0.2, 0.25) is 0 Å². The number of thioether (sulfide) groups is 1. The van der Waals surface area contributed by atoms with E-state index in [0.717, 1.165) is 4.90 Å². The lowest BCUT2D eigenvalue weighted by atomic mass is 10.1. The molecule has 0 spiro atoms. The van der Waals surface area contributed by atoms with Crippen LogP contribution < -0.4 is 5.32 Å². The number of carbonyl (C=O) groups is 3. The second kappa shape index (κ2) is 9.02. The highest BCUT2D eigenvalue weighted by Gasteiger charge is 2.19. The Morgan fingerprint density at radius 2 is 1.81 bits per heavy atom. The molecule has 114 valence electrons. The maximum Gasteiger partial charge on any atom is 0.326 e. The fraction of sp³-hybridized carbons (Fsp3) is 0.357. The summed E-state index contributed by atoms with van der Waals surface area (Å²) in [6.45, 7) is 0. The van der Waals surface area contributed by atoms with Crippen LogP contribution in [0.4, 0.5) is 0 Å². The predicted octanol–water partition coefficient (Wildman–Crippen LogP) is 1.60. The lowest BCUT2D eigenvalue weighted by Gasteiger charge is -2.13. The summed E-state index contributed by atoms with van der Waals surface area (Å²) in [4.78, 5) is 34.0. The molecule has 1 aromatic rings. The molecule has 0 saturated heterocycles. The number of rotatable bonds is 9. The van der Waals surface area contributed by atoms with E-state index in [4.69, 9.17) is 10.2 Å². The van der Waals surface area contributed by atoms with Gasteiger partial charge in [0.25, 0.3) is 0 Å². The summed E-state index contributed by atoms with van der Waals surface area (Å²) in [6.07, 6.45) is 0.195. The summed E-state index contributed by atoms with van der Waals surface area (Å²) in [5.74, 6) is -2.40. The molecule has 0 aliphatic carbocycles. The first-order valence-electron chi connectivity index (χ1n) is 6.41. The summed E-state index contributed by atoms with van der Waals surface area (Å²) in [7, 11) is 0. The predicted molar refractivity (Wildman–Crippen MR) is 78.2 cm³/mol. The van der Waals surface area contributed by atoms with E-state index < -0.39 is 18.0 Å². The number of hydrogen-bond donors (Lipinski definition) is 3. The first-order chi connectivity index (χ1) is 9.99. The van der Waals surface area contributed by atoms with E-state index in [1.54, 1.807) is 0 Å². The Hall–Kier alpha value is -2.02. The number of hydrogen-bond acceptors (Lipinski definition) is 4. The van der Waals surface area contributed by atoms with Crippen molar-refractivity contribution >= 4 is 29.6 Å². The molecule has 0 bridgehead atoms. The van der Waals surface area contributed by atoms with Gasteiger partial charge in [0.15, 0.2) is 0 Å². The highest BCUT2D eigenvalue weighted by molar-refractivity contribution is 8.00. The third kappa shape index (κ3) is 7.36. The number of benzene rings is 1. The smallest absolute Gasteiger partial charge is 0.326 e. The van der Waals surface area contributed by atoms with Gasteiger partial charge in [-0.15, -0.1) is 11.8 Å². The minimum atomic E-state index is -1.15. The standard InChI is InChI=1S/C14H17NO5S/c16-12(9-21-10-5-2-1-3-6-10)15-11(14(19)20)7-4-8-13(17)18/h1-3,5-6,11H,4,7-9H2,(H,15,16)(H,17,18)(H,19,20)/t11-/m1/s1. The van der Waals surface area contributed by atoms with Crippen molar-refractivity contribution in [3.05, 3.63) is 30.3 Å². The maximum atomic E-state index is 11.7. The molecular weight excluding hydrogens is 294 g/mol. The van der Waals surface area contributed by atoms with Crippen molar-refractivity contribution < 1.29 is 24.6 Å². The molecule has 1 aromatic carbocycles. The van der Waals surface area contributed by atoms with Crippen LogP contribution in [0.15, 0.2) is 35.2 Å². The Balaban J connectivity index is 2.38. The van der Waals surface area contributed by atoms with Gasteiger partial charge in [-0.3, -0.25) is 9.59 Å². The van der Waals surface area contributed by atoms with Crippen molar-refractivity contribution in [2.75, 3.05) is 5.75 Å². The van der Waals surface area contributed by atoms with Gasteiger partial charge in [-0.1, -0.05) is 18.2 Å². The molecule has 0 heterocycles. The van der Waals surface area contributed by atoms with Gasteiger partial charge in [-0.2, -0.15) is 0 Å². The van der Waals surface area contributed by atoms with Gasteiger partial charge >= 0.3 is 11.9 Å². The Bertz CT molecular complexity index is 491. The van der Waals surface area contributed by atoms with Crippen LogP contribution in [0.5, 0.6) is 0 Å². The molecule has 0 aliphatic heterocycles. The first kappa shape index (κ1) is 17.0. The van der Waals surface area contributed by atoms with Gasteiger partial charge in [0.1, 0.15) is 6.04 Å². The number of carboxylic acids is 2. The molecule has 0 aliphatic rings. The highest BCUT2D eigenvalue weighted by Crippen LogP contribution is 2.16. The molecular formula is C14H17NO5S. The summed E-state index contributed by atoms with van der Waals surface area (Å²) in [5, 5.41) is 19.9. The Labute approximate surface area is 126 Å². The van der Waals surface area contributed by atoms with E-state index in [9.17, 15) is 14.4 Å². The number of carboxylic acid groups (broad SMARTS) is 2. The fourth-order valence-corrected chi connectivity index (χ4v) is 2.35. The summed E-state index contributed by atoms with van der Waals surface area (Å²) < 4.78 is 0. The number of nitrogens with one attached hydrogen (secondary N) is 1. The van der Waals surface area contributed by atoms with Crippen molar-refractivity contribution in [3.63, 3.8) is 0 Å². The van der Waals surface area contributed by atoms with Crippen LogP contribution in [0.1, 0.15) is 19.3 Å². The minimum Gasteiger partial charge on any atom is -0.481 e. The van der Waals surface area contributed by atoms with Gasteiger partial charge in [-0.05, 0) is 25.0 Å². The van der Waals surface area contributed by atoms with Crippen LogP contribution in [-0.2, 0) is 14.4 Å². The third-order valence-corrected chi connectivity index (χ3v) is 3.64. The topological polar surface area (TPSA) is 104 Å². The van der Waals surface area contributed by atoms with Crippen molar-refractivity contribution in [1.82, 2.24) is 5.32 Å². The van der Waals surface area contributed by atoms with Crippen molar-refractivity contribution in [3.8, 4) is 0 Å². The van der Waals surface area contributed by atoms with Crippen molar-refractivity contribution in [1.29, 1.82) is 0 Å². The summed E-state index contributed by atoms with van der Waals surface area (Å²) in [5.41, 5.74) is 0. The van der Waals surface area contributed by atoms with Crippen LogP contribution in [0.3, 0.4) is 0 Å². The van der Waals surface area contributed by atoms with Gasteiger partial charge < -0.3 is 15.5 Å². The average Bonchev–Trinajstić information content (AvgIpc) is 2.44. The molecule has 0 unspecified atom stereocenters. The van der Waals surface area contributed by atoms with Gasteiger partial charge in [-0.25, -0.2) is 4.79 Å². The Morgan fingerprint density at radius 3 is 2.38 bits per heavy atom. The second-order valence-corrected chi connectivity index (χ2v) is 5.39. The van der Waals surface area contributed by atoms with Gasteiger partial charge in [0, 0.05) is 11.3 Å². The SMILES string of the molecule is O=C(O)CCC[C@@H](NC(=O)CSc1ccccc1)C(=O)O. The van der Waals surface area contributed by atoms with Gasteiger partial charge in [0.2, 0.25) is 5.91 Å². The third-order valence-electron chi connectivity index (χ3n) is 2.63. The Morgan fingerprint density at radius 1 is 1.14 bits per heavy atom. The molecule has 6 nitrogen and oxygen atoms in total. The van der Waals surface area contributed by atoms with Crippen LogP contribution in [-0.4, -0.2) is 39.9 Å². The zero-order chi connectivity index (χ0) is 15.7. The second-order valence-electron chi connectivity index (χ2n) is 4.35. The monoisotopic (exact) mass is 311 g/mol. The molecule has 0 aromatic heterocycles. The zero-order valence-electron chi connectivity index (χ0n) is 11.3. The number of amides is 1. The maximum absolute atomic E-state index is 11.7. The van der Waals surface area contributed by atoms with Crippen LogP contribution >= 0.6 is 11.8 Å². The summed E-state index contributed by atoms with van der Waals surface area (Å²) >= 11 is 1.31. The van der Waals surface area contributed by atoms with Crippen LogP contribution in [0.25, 0.3) is 0 Å². The molecule has 3 N–H and O–H groups in total. The molecule has 1 atom stereocenters. The van der Waals surface area contributed by atoms with E-state index in [1.165, 1.54) is 11.8 Å². The number of aliphatic carboxylic acids is 2. The normalized spacial score (nSPS) is 11.6. The molecule has 1 rings (SSSR count). The quantitative estimate of drug-likeness (QED) is 0.599. The lowest BCUT2D eigenvalue weighted by molar-refractivity contribution is -0.142. The zero-order valence-corrected chi connectivity index (χ0v) is 12.1. The fourth-order valence-electron chi connectivity index (χ4n) is 1.62. The lowest BCUT2D eigenvalue weighted by Crippen LogP contribution is -2.41. The van der Waals surface area contributed by atoms with Crippen molar-refractivity contribution in [2.45, 2.75) is 30.2 Å². The molecule has 1 amide bonds. The largest absolute Gasteiger partial charge is 0.481 e. The van der Waals surface area contributed by atoms with Crippen molar-refractivity contribution in [2.24, 2.45) is 0 Å². The Kier molecular flexibility index (Phi) is 7.31. The first-order valence-corrected chi connectivity index (χ1v) is 7.39. The van der Waals surface area contributed by atoms with E-state index in [1.807, 2.05) is 30.3 Å². The molecule has 21 heavy (non-hydrogen) atoms. The number of carbonyl (C=O) groups excluding carboxylic acids is 1. The highest BCUT2D eigenvalue weighted by atomic mass is 32.2. The van der Waals surface area contributed by atoms with E-state index in [-0.39, 0.29) is 30.9 Å². The minimum absolute atomic E-state index is 0.101. The van der Waals surface area contributed by atoms with E-state index in [2.05, 4.69) is 5.32 Å². The molecule has 0 fully saturated rings. The van der Waals surface area contributed by atoms with E-state index in [0.29, 0.717) is 0 Å². The molecule has 0 saturated carbocycles. The average molecular weight is 311 g/mol. The summed E-state index contributed by atoms with van der Waals surface area (Å²) in [6, 6.07) is 8.25. The van der Waals surface area contributed by atoms with Gasteiger partial charge in [0.05, 0.1) is 5.75 Å². The van der Waals surface area contributed by atoms with Crippen LogP contribution in [0, 0.1) is 0 Å². The van der Waals surface area contributed by atoms with E-state index >= 15 is 0 Å².